The molecule has 27 heavy (non-hydrogen) atoms. The van der Waals surface area contributed by atoms with Crippen LogP contribution in [0.25, 0.3) is 10.6 Å². The number of sulfonamides is 1. The van der Waals surface area contributed by atoms with E-state index in [4.69, 9.17) is 0 Å². The third-order valence-corrected chi connectivity index (χ3v) is 7.77. The molecule has 140 valence electrons. The number of halogens is 1. The number of piperazine rings is 1. The van der Waals surface area contributed by atoms with Crippen LogP contribution in [0.4, 0.5) is 5.82 Å². The molecule has 3 heterocycles. The Kier molecular flexibility index (Phi) is 5.27. The molecule has 0 bridgehead atoms. The van der Waals surface area contributed by atoms with Gasteiger partial charge in [-0.1, -0.05) is 22.0 Å². The maximum absolute atomic E-state index is 12.8. The first-order valence-electron chi connectivity index (χ1n) is 8.42. The number of benzene rings is 1. The molecule has 3 aromatic rings. The van der Waals surface area contributed by atoms with Gasteiger partial charge in [0.15, 0.2) is 5.82 Å². The lowest BCUT2D eigenvalue weighted by molar-refractivity contribution is 0.383. The van der Waals surface area contributed by atoms with Gasteiger partial charge in [-0.05, 0) is 47.8 Å². The SMILES string of the molecule is O=S(=O)(c1ccc(Br)cc1)N1CCN(c2ccc(-c3cccs3)nn2)CC1. The molecular formula is C18H17BrN4O2S2. The summed E-state index contributed by atoms with van der Waals surface area (Å²) < 4.78 is 28.0. The zero-order chi connectivity index (χ0) is 18.9. The van der Waals surface area contributed by atoms with Crippen LogP contribution in [0.3, 0.4) is 0 Å². The zero-order valence-electron chi connectivity index (χ0n) is 14.3. The van der Waals surface area contributed by atoms with E-state index in [1.807, 2.05) is 29.6 Å². The maximum atomic E-state index is 12.8. The van der Waals surface area contributed by atoms with Crippen molar-refractivity contribution in [2.75, 3.05) is 31.1 Å². The molecule has 1 aromatic carbocycles. The van der Waals surface area contributed by atoms with E-state index in [1.165, 1.54) is 4.31 Å². The molecule has 0 atom stereocenters. The highest BCUT2D eigenvalue weighted by Gasteiger charge is 2.29. The molecule has 6 nitrogen and oxygen atoms in total. The Labute approximate surface area is 170 Å². The highest BCUT2D eigenvalue weighted by atomic mass is 79.9. The van der Waals surface area contributed by atoms with Crippen molar-refractivity contribution in [2.45, 2.75) is 4.90 Å². The lowest BCUT2D eigenvalue weighted by Gasteiger charge is -2.34. The van der Waals surface area contributed by atoms with Crippen molar-refractivity contribution in [3.05, 3.63) is 58.4 Å². The Balaban J connectivity index is 1.43. The summed E-state index contributed by atoms with van der Waals surface area (Å²) in [7, 11) is -3.47. The first-order chi connectivity index (χ1) is 13.0. The minimum Gasteiger partial charge on any atom is -0.352 e. The van der Waals surface area contributed by atoms with Gasteiger partial charge in [0.25, 0.3) is 0 Å². The molecule has 4 rings (SSSR count). The second-order valence-corrected chi connectivity index (χ2v) is 9.90. The number of hydrogen-bond donors (Lipinski definition) is 0. The minimum absolute atomic E-state index is 0.319. The number of nitrogens with zero attached hydrogens (tertiary/aromatic N) is 4. The molecule has 0 amide bonds. The van der Waals surface area contributed by atoms with Crippen molar-refractivity contribution in [1.82, 2.24) is 14.5 Å². The Morgan fingerprint density at radius 3 is 2.26 bits per heavy atom. The quantitative estimate of drug-likeness (QED) is 0.591. The molecule has 0 saturated carbocycles. The molecule has 0 aliphatic carbocycles. The molecule has 0 N–H and O–H groups in total. The Bertz CT molecular complexity index is 999. The summed E-state index contributed by atoms with van der Waals surface area (Å²) >= 11 is 4.96. The fourth-order valence-corrected chi connectivity index (χ4v) is 5.34. The van der Waals surface area contributed by atoms with E-state index in [2.05, 4.69) is 31.0 Å². The second-order valence-electron chi connectivity index (χ2n) is 6.10. The van der Waals surface area contributed by atoms with E-state index >= 15 is 0 Å². The van der Waals surface area contributed by atoms with E-state index < -0.39 is 10.0 Å². The zero-order valence-corrected chi connectivity index (χ0v) is 17.5. The molecule has 2 aromatic heterocycles. The van der Waals surface area contributed by atoms with Gasteiger partial charge in [0.05, 0.1) is 9.77 Å². The summed E-state index contributed by atoms with van der Waals surface area (Å²) in [5, 5.41) is 10.6. The largest absolute Gasteiger partial charge is 0.352 e. The van der Waals surface area contributed by atoms with Crippen LogP contribution in [0.15, 0.2) is 63.3 Å². The van der Waals surface area contributed by atoms with Crippen LogP contribution in [0.1, 0.15) is 0 Å². The Hall–Kier alpha value is -1.81. The fraction of sp³-hybridized carbons (Fsp3) is 0.222. The van der Waals surface area contributed by atoms with Crippen LogP contribution in [0.5, 0.6) is 0 Å². The third-order valence-electron chi connectivity index (χ3n) is 4.44. The lowest BCUT2D eigenvalue weighted by atomic mass is 10.3. The standard InChI is InChI=1S/C18H17BrN4O2S2/c19-14-3-5-15(6-4-14)27(24,25)23-11-9-22(10-12-23)18-8-7-16(20-21-18)17-2-1-13-26-17/h1-8,13H,9-12H2. The van der Waals surface area contributed by atoms with Crippen LogP contribution in [-0.4, -0.2) is 49.1 Å². The summed E-state index contributed by atoms with van der Waals surface area (Å²) in [4.78, 5) is 3.47. The van der Waals surface area contributed by atoms with Crippen molar-refractivity contribution in [3.8, 4) is 10.6 Å². The van der Waals surface area contributed by atoms with Crippen LogP contribution in [0, 0.1) is 0 Å². The smallest absolute Gasteiger partial charge is 0.243 e. The number of hydrogen-bond acceptors (Lipinski definition) is 6. The summed E-state index contributed by atoms with van der Waals surface area (Å²) in [5.74, 6) is 0.774. The van der Waals surface area contributed by atoms with Crippen molar-refractivity contribution < 1.29 is 8.42 Å². The van der Waals surface area contributed by atoms with Crippen LogP contribution in [0.2, 0.25) is 0 Å². The highest BCUT2D eigenvalue weighted by molar-refractivity contribution is 9.10. The Morgan fingerprint density at radius 2 is 1.67 bits per heavy atom. The van der Waals surface area contributed by atoms with Crippen molar-refractivity contribution in [2.24, 2.45) is 0 Å². The number of thiophene rings is 1. The van der Waals surface area contributed by atoms with E-state index in [0.29, 0.717) is 31.1 Å². The average molecular weight is 465 g/mol. The van der Waals surface area contributed by atoms with Gasteiger partial charge in [0, 0.05) is 30.7 Å². The normalized spacial score (nSPS) is 15.8. The van der Waals surface area contributed by atoms with Gasteiger partial charge in [0.1, 0.15) is 5.69 Å². The van der Waals surface area contributed by atoms with Gasteiger partial charge in [-0.25, -0.2) is 8.42 Å². The molecular weight excluding hydrogens is 448 g/mol. The minimum atomic E-state index is -3.47. The molecule has 9 heteroatoms. The first-order valence-corrected chi connectivity index (χ1v) is 11.5. The van der Waals surface area contributed by atoms with Crippen LogP contribution >= 0.6 is 27.3 Å². The third kappa shape index (κ3) is 3.91. The monoisotopic (exact) mass is 464 g/mol. The van der Waals surface area contributed by atoms with Crippen LogP contribution in [-0.2, 0) is 10.0 Å². The summed E-state index contributed by atoms with van der Waals surface area (Å²) in [5.41, 5.74) is 0.852. The Morgan fingerprint density at radius 1 is 0.926 bits per heavy atom. The molecule has 1 fully saturated rings. The summed E-state index contributed by atoms with van der Waals surface area (Å²) in [6, 6.07) is 14.6. The van der Waals surface area contributed by atoms with Gasteiger partial charge < -0.3 is 4.90 Å². The maximum Gasteiger partial charge on any atom is 0.243 e. The summed E-state index contributed by atoms with van der Waals surface area (Å²) in [6.45, 7) is 2.02. The van der Waals surface area contributed by atoms with E-state index in [-0.39, 0.29) is 0 Å². The van der Waals surface area contributed by atoms with Gasteiger partial charge in [-0.15, -0.1) is 21.5 Å². The van der Waals surface area contributed by atoms with Gasteiger partial charge >= 0.3 is 0 Å². The van der Waals surface area contributed by atoms with Crippen molar-refractivity contribution >= 4 is 43.1 Å². The van der Waals surface area contributed by atoms with Gasteiger partial charge in [-0.2, -0.15) is 4.31 Å². The second kappa shape index (κ2) is 7.67. The lowest BCUT2D eigenvalue weighted by Crippen LogP contribution is -2.48. The average Bonchev–Trinajstić information content (AvgIpc) is 3.23. The molecule has 1 aliphatic heterocycles. The molecule has 1 aliphatic rings. The predicted molar refractivity (Wildman–Crippen MR) is 110 cm³/mol. The predicted octanol–water partition coefficient (Wildman–Crippen LogP) is 3.48. The molecule has 0 unspecified atom stereocenters. The van der Waals surface area contributed by atoms with Gasteiger partial charge in [0.2, 0.25) is 10.0 Å². The fourth-order valence-electron chi connectivity index (χ4n) is 2.96. The topological polar surface area (TPSA) is 66.4 Å². The first kappa shape index (κ1) is 18.5. The molecule has 0 spiro atoms. The highest BCUT2D eigenvalue weighted by Crippen LogP contribution is 2.24. The van der Waals surface area contributed by atoms with Crippen LogP contribution < -0.4 is 4.90 Å². The summed E-state index contributed by atoms with van der Waals surface area (Å²) in [6.07, 6.45) is 0. The molecule has 0 radical (unpaired) electrons. The number of aromatic nitrogens is 2. The van der Waals surface area contributed by atoms with Crippen molar-refractivity contribution in [1.29, 1.82) is 0 Å². The van der Waals surface area contributed by atoms with E-state index in [9.17, 15) is 8.42 Å². The number of anilines is 1. The van der Waals surface area contributed by atoms with E-state index in [1.54, 1.807) is 35.6 Å². The number of rotatable bonds is 4. The van der Waals surface area contributed by atoms with E-state index in [0.717, 1.165) is 20.9 Å². The molecule has 1 saturated heterocycles. The van der Waals surface area contributed by atoms with Crippen molar-refractivity contribution in [3.63, 3.8) is 0 Å². The van der Waals surface area contributed by atoms with Gasteiger partial charge in [-0.3, -0.25) is 0 Å².